The Morgan fingerprint density at radius 3 is 2.73 bits per heavy atom. The number of nitrogens with one attached hydrogen (secondary N) is 1. The monoisotopic (exact) mass is 203 g/mol. The molecule has 80 valence electrons. The van der Waals surface area contributed by atoms with Gasteiger partial charge in [0, 0.05) is 12.6 Å². The number of carbonyl (C=O) groups is 1. The fourth-order valence-electron chi connectivity index (χ4n) is 2.35. The Bertz CT molecular complexity index is 421. The van der Waals surface area contributed by atoms with E-state index in [0.29, 0.717) is 0 Å². The van der Waals surface area contributed by atoms with Crippen molar-refractivity contribution in [1.29, 1.82) is 0 Å². The molecule has 0 fully saturated rings. The summed E-state index contributed by atoms with van der Waals surface area (Å²) in [5.74, 6) is 0.0257. The van der Waals surface area contributed by atoms with Gasteiger partial charge in [0.1, 0.15) is 0 Å². The molecule has 2 nitrogen and oxygen atoms in total. The van der Waals surface area contributed by atoms with Crippen molar-refractivity contribution in [1.82, 2.24) is 0 Å². The van der Waals surface area contributed by atoms with Gasteiger partial charge in [-0.2, -0.15) is 0 Å². The third kappa shape index (κ3) is 1.76. The van der Waals surface area contributed by atoms with Crippen molar-refractivity contribution in [3.63, 3.8) is 0 Å². The Balaban J connectivity index is 2.55. The molecule has 1 aliphatic carbocycles. The van der Waals surface area contributed by atoms with E-state index in [9.17, 15) is 4.79 Å². The number of fused-ring (bicyclic) bond motifs is 1. The molecule has 0 atom stereocenters. The van der Waals surface area contributed by atoms with Gasteiger partial charge < -0.3 is 5.32 Å². The van der Waals surface area contributed by atoms with Crippen LogP contribution in [0.2, 0.25) is 0 Å². The SMILES string of the molecule is CC(=O)Nc1c(C)c(C)cc2c1CCC2. The van der Waals surface area contributed by atoms with Gasteiger partial charge in [-0.15, -0.1) is 0 Å². The lowest BCUT2D eigenvalue weighted by molar-refractivity contribution is -0.114. The van der Waals surface area contributed by atoms with E-state index in [1.807, 2.05) is 0 Å². The van der Waals surface area contributed by atoms with E-state index in [1.165, 1.54) is 28.7 Å². The fraction of sp³-hybridized carbons (Fsp3) is 0.462. The van der Waals surface area contributed by atoms with Gasteiger partial charge in [0.15, 0.2) is 0 Å². The number of carbonyl (C=O) groups excluding carboxylic acids is 1. The summed E-state index contributed by atoms with van der Waals surface area (Å²) in [6, 6.07) is 2.27. The number of amides is 1. The van der Waals surface area contributed by atoms with Gasteiger partial charge in [-0.1, -0.05) is 6.07 Å². The quantitative estimate of drug-likeness (QED) is 0.747. The number of benzene rings is 1. The lowest BCUT2D eigenvalue weighted by Gasteiger charge is -2.15. The molecule has 2 rings (SSSR count). The van der Waals surface area contributed by atoms with Crippen molar-refractivity contribution < 1.29 is 4.79 Å². The van der Waals surface area contributed by atoms with Gasteiger partial charge in [0.25, 0.3) is 0 Å². The van der Waals surface area contributed by atoms with E-state index in [2.05, 4.69) is 25.2 Å². The third-order valence-electron chi connectivity index (χ3n) is 3.22. The summed E-state index contributed by atoms with van der Waals surface area (Å²) in [6.45, 7) is 5.77. The van der Waals surface area contributed by atoms with Crippen LogP contribution >= 0.6 is 0 Å². The first-order valence-electron chi connectivity index (χ1n) is 5.49. The molecule has 0 radical (unpaired) electrons. The molecule has 2 heteroatoms. The summed E-state index contributed by atoms with van der Waals surface area (Å²) in [7, 11) is 0. The van der Waals surface area contributed by atoms with E-state index in [4.69, 9.17) is 0 Å². The summed E-state index contributed by atoms with van der Waals surface area (Å²) >= 11 is 0. The predicted molar refractivity (Wildman–Crippen MR) is 62.2 cm³/mol. The van der Waals surface area contributed by atoms with Crippen LogP contribution < -0.4 is 5.32 Å². The van der Waals surface area contributed by atoms with Crippen molar-refractivity contribution in [3.8, 4) is 0 Å². The van der Waals surface area contributed by atoms with Crippen molar-refractivity contribution in [2.24, 2.45) is 0 Å². The summed E-state index contributed by atoms with van der Waals surface area (Å²) in [5.41, 5.74) is 6.33. The normalized spacial score (nSPS) is 13.8. The zero-order valence-electron chi connectivity index (χ0n) is 9.61. The van der Waals surface area contributed by atoms with Gasteiger partial charge in [0.2, 0.25) is 5.91 Å². The minimum atomic E-state index is 0.0257. The Labute approximate surface area is 90.7 Å². The van der Waals surface area contributed by atoms with Crippen LogP contribution in [-0.2, 0) is 17.6 Å². The Morgan fingerprint density at radius 2 is 2.07 bits per heavy atom. The highest BCUT2D eigenvalue weighted by Crippen LogP contribution is 2.33. The van der Waals surface area contributed by atoms with Crippen LogP contribution in [0.3, 0.4) is 0 Å². The molecule has 15 heavy (non-hydrogen) atoms. The Hall–Kier alpha value is -1.31. The topological polar surface area (TPSA) is 29.1 Å². The Morgan fingerprint density at radius 1 is 1.33 bits per heavy atom. The first-order valence-corrected chi connectivity index (χ1v) is 5.49. The molecule has 0 aromatic heterocycles. The molecule has 0 saturated heterocycles. The van der Waals surface area contributed by atoms with Crippen LogP contribution in [0.25, 0.3) is 0 Å². The second kappa shape index (κ2) is 3.69. The highest BCUT2D eigenvalue weighted by Gasteiger charge is 2.18. The number of aryl methyl sites for hydroxylation is 2. The molecule has 1 N–H and O–H groups in total. The number of anilines is 1. The van der Waals surface area contributed by atoms with Crippen molar-refractivity contribution >= 4 is 11.6 Å². The minimum absolute atomic E-state index is 0.0257. The van der Waals surface area contributed by atoms with Crippen LogP contribution in [-0.4, -0.2) is 5.91 Å². The highest BCUT2D eigenvalue weighted by atomic mass is 16.1. The molecule has 0 heterocycles. The molecular formula is C13H17NO. The molecule has 0 spiro atoms. The van der Waals surface area contributed by atoms with Crippen LogP contribution in [0.4, 0.5) is 5.69 Å². The average molecular weight is 203 g/mol. The molecule has 1 aliphatic rings. The van der Waals surface area contributed by atoms with E-state index < -0.39 is 0 Å². The highest BCUT2D eigenvalue weighted by molar-refractivity contribution is 5.91. The molecule has 0 unspecified atom stereocenters. The third-order valence-corrected chi connectivity index (χ3v) is 3.22. The standard InChI is InChI=1S/C13H17NO/c1-8-7-11-5-4-6-12(11)13(9(8)2)14-10(3)15/h7H,4-6H2,1-3H3,(H,14,15). The summed E-state index contributed by atoms with van der Waals surface area (Å²) in [4.78, 5) is 11.2. The molecule has 0 aliphatic heterocycles. The lowest BCUT2D eigenvalue weighted by atomic mass is 9.99. The maximum Gasteiger partial charge on any atom is 0.221 e. The summed E-state index contributed by atoms with van der Waals surface area (Å²) < 4.78 is 0. The maximum absolute atomic E-state index is 11.2. The summed E-state index contributed by atoms with van der Waals surface area (Å²) in [5, 5.41) is 2.98. The molecule has 1 aromatic rings. The van der Waals surface area contributed by atoms with E-state index in [1.54, 1.807) is 6.92 Å². The zero-order chi connectivity index (χ0) is 11.0. The van der Waals surface area contributed by atoms with Crippen LogP contribution in [0.5, 0.6) is 0 Å². The molecular weight excluding hydrogens is 186 g/mol. The average Bonchev–Trinajstić information content (AvgIpc) is 2.59. The van der Waals surface area contributed by atoms with Gasteiger partial charge in [0.05, 0.1) is 0 Å². The molecule has 0 bridgehead atoms. The van der Waals surface area contributed by atoms with E-state index in [0.717, 1.165) is 18.5 Å². The lowest BCUT2D eigenvalue weighted by Crippen LogP contribution is -2.10. The molecule has 0 saturated carbocycles. The van der Waals surface area contributed by atoms with Crippen LogP contribution in [0.15, 0.2) is 6.07 Å². The number of rotatable bonds is 1. The van der Waals surface area contributed by atoms with Gasteiger partial charge in [-0.05, 0) is 55.4 Å². The first-order chi connectivity index (χ1) is 7.09. The van der Waals surface area contributed by atoms with Crippen LogP contribution in [0, 0.1) is 13.8 Å². The Kier molecular flexibility index (Phi) is 2.51. The second-order valence-electron chi connectivity index (χ2n) is 4.37. The van der Waals surface area contributed by atoms with E-state index in [-0.39, 0.29) is 5.91 Å². The van der Waals surface area contributed by atoms with Crippen molar-refractivity contribution in [2.45, 2.75) is 40.0 Å². The summed E-state index contributed by atoms with van der Waals surface area (Å²) in [6.07, 6.45) is 3.47. The first kappa shape index (κ1) is 10.2. The van der Waals surface area contributed by atoms with Crippen molar-refractivity contribution in [2.75, 3.05) is 5.32 Å². The number of hydrogen-bond donors (Lipinski definition) is 1. The zero-order valence-corrected chi connectivity index (χ0v) is 9.61. The van der Waals surface area contributed by atoms with Gasteiger partial charge in [-0.25, -0.2) is 0 Å². The predicted octanol–water partition coefficient (Wildman–Crippen LogP) is 2.75. The van der Waals surface area contributed by atoms with Gasteiger partial charge in [-0.3, -0.25) is 4.79 Å². The van der Waals surface area contributed by atoms with Crippen molar-refractivity contribution in [3.05, 3.63) is 28.3 Å². The second-order valence-corrected chi connectivity index (χ2v) is 4.37. The minimum Gasteiger partial charge on any atom is -0.326 e. The van der Waals surface area contributed by atoms with E-state index >= 15 is 0 Å². The smallest absolute Gasteiger partial charge is 0.221 e. The molecule has 1 amide bonds. The fourth-order valence-corrected chi connectivity index (χ4v) is 2.35. The van der Waals surface area contributed by atoms with Gasteiger partial charge >= 0.3 is 0 Å². The van der Waals surface area contributed by atoms with Crippen LogP contribution in [0.1, 0.15) is 35.6 Å². The number of hydrogen-bond acceptors (Lipinski definition) is 1. The largest absolute Gasteiger partial charge is 0.326 e. The molecule has 1 aromatic carbocycles. The maximum atomic E-state index is 11.2.